The first-order chi connectivity index (χ1) is 7.16. The first kappa shape index (κ1) is 10.7. The second-order valence-electron chi connectivity index (χ2n) is 4.04. The lowest BCUT2D eigenvalue weighted by molar-refractivity contribution is -0.122. The molecule has 1 atom stereocenters. The van der Waals surface area contributed by atoms with E-state index in [1.54, 1.807) is 0 Å². The molecule has 3 heteroatoms. The summed E-state index contributed by atoms with van der Waals surface area (Å²) in [6, 6.07) is 8.23. The molecular weight excluding hydrogens is 254 g/mol. The molecule has 1 fully saturated rings. The van der Waals surface area contributed by atoms with E-state index >= 15 is 0 Å². The smallest absolute Gasteiger partial charge is 0.139 e. The Balaban J connectivity index is 2.15. The van der Waals surface area contributed by atoms with Gasteiger partial charge in [-0.3, -0.25) is 4.79 Å². The van der Waals surface area contributed by atoms with Gasteiger partial charge < -0.3 is 4.90 Å². The van der Waals surface area contributed by atoms with Crippen LogP contribution in [0.1, 0.15) is 13.3 Å². The molecule has 1 unspecified atom stereocenters. The lowest BCUT2D eigenvalue weighted by atomic mass is 9.98. The van der Waals surface area contributed by atoms with Gasteiger partial charge in [-0.05, 0) is 18.2 Å². The van der Waals surface area contributed by atoms with Gasteiger partial charge in [0.25, 0.3) is 0 Å². The van der Waals surface area contributed by atoms with Gasteiger partial charge in [0.2, 0.25) is 0 Å². The van der Waals surface area contributed by atoms with Crippen molar-refractivity contribution in [1.82, 2.24) is 0 Å². The molecule has 1 aromatic carbocycles. The Bertz CT molecular complexity index is 378. The van der Waals surface area contributed by atoms with E-state index < -0.39 is 0 Å². The average molecular weight is 268 g/mol. The summed E-state index contributed by atoms with van der Waals surface area (Å²) in [5.41, 5.74) is 1.20. The predicted molar refractivity (Wildman–Crippen MR) is 65.1 cm³/mol. The second-order valence-corrected chi connectivity index (χ2v) is 4.96. The van der Waals surface area contributed by atoms with Crippen LogP contribution in [0.3, 0.4) is 0 Å². The Morgan fingerprint density at radius 3 is 2.93 bits per heavy atom. The summed E-state index contributed by atoms with van der Waals surface area (Å²) in [7, 11) is 0. The summed E-state index contributed by atoms with van der Waals surface area (Å²) in [5.74, 6) is 0.555. The van der Waals surface area contributed by atoms with Crippen molar-refractivity contribution >= 4 is 27.4 Å². The fourth-order valence-corrected chi connectivity index (χ4v) is 2.31. The molecule has 0 saturated carbocycles. The van der Waals surface area contributed by atoms with Crippen molar-refractivity contribution in [2.24, 2.45) is 5.92 Å². The minimum absolute atomic E-state index is 0.165. The van der Waals surface area contributed by atoms with Gasteiger partial charge in [-0.25, -0.2) is 0 Å². The molecule has 0 radical (unpaired) electrons. The number of hydrogen-bond acceptors (Lipinski definition) is 2. The van der Waals surface area contributed by atoms with Gasteiger partial charge >= 0.3 is 0 Å². The molecule has 0 aliphatic carbocycles. The van der Waals surface area contributed by atoms with E-state index in [0.29, 0.717) is 12.2 Å². The van der Waals surface area contributed by atoms with Gasteiger partial charge in [0, 0.05) is 35.6 Å². The molecule has 0 spiro atoms. The van der Waals surface area contributed by atoms with Crippen molar-refractivity contribution in [3.8, 4) is 0 Å². The van der Waals surface area contributed by atoms with E-state index in [1.165, 1.54) is 5.69 Å². The summed E-state index contributed by atoms with van der Waals surface area (Å²) < 4.78 is 1.09. The second kappa shape index (κ2) is 4.35. The number of nitrogens with zero attached hydrogens (tertiary/aromatic N) is 1. The van der Waals surface area contributed by atoms with Crippen molar-refractivity contribution in [2.45, 2.75) is 13.3 Å². The quantitative estimate of drug-likeness (QED) is 0.780. The Morgan fingerprint density at radius 1 is 1.47 bits per heavy atom. The van der Waals surface area contributed by atoms with E-state index in [2.05, 4.69) is 33.0 Å². The normalized spacial score (nSPS) is 21.9. The fraction of sp³-hybridized carbons (Fsp3) is 0.417. The number of carbonyl (C=O) groups excluding carboxylic acids is 1. The zero-order chi connectivity index (χ0) is 10.8. The Hall–Kier alpha value is -0.830. The van der Waals surface area contributed by atoms with Crippen LogP contribution in [0.5, 0.6) is 0 Å². The van der Waals surface area contributed by atoms with Crippen molar-refractivity contribution in [1.29, 1.82) is 0 Å². The van der Waals surface area contributed by atoms with Crippen LogP contribution in [-0.2, 0) is 4.79 Å². The molecule has 1 aliphatic heterocycles. The molecular formula is C12H14BrNO. The van der Waals surface area contributed by atoms with Gasteiger partial charge in [-0.2, -0.15) is 0 Å². The number of hydrogen-bond donors (Lipinski definition) is 0. The van der Waals surface area contributed by atoms with E-state index in [-0.39, 0.29) is 5.92 Å². The zero-order valence-corrected chi connectivity index (χ0v) is 10.3. The highest BCUT2D eigenvalue weighted by atomic mass is 79.9. The van der Waals surface area contributed by atoms with Crippen LogP contribution >= 0.6 is 15.9 Å². The van der Waals surface area contributed by atoms with E-state index in [9.17, 15) is 4.79 Å². The van der Waals surface area contributed by atoms with Crippen LogP contribution in [-0.4, -0.2) is 18.9 Å². The fourth-order valence-electron chi connectivity index (χ4n) is 1.92. The monoisotopic (exact) mass is 267 g/mol. The molecule has 1 aromatic rings. The largest absolute Gasteiger partial charge is 0.370 e. The molecule has 0 aromatic heterocycles. The van der Waals surface area contributed by atoms with Crippen LogP contribution in [0.15, 0.2) is 28.7 Å². The number of benzene rings is 1. The van der Waals surface area contributed by atoms with Crippen LogP contribution in [0.2, 0.25) is 0 Å². The van der Waals surface area contributed by atoms with Crippen LogP contribution in [0.25, 0.3) is 0 Å². The molecule has 1 saturated heterocycles. The van der Waals surface area contributed by atoms with Gasteiger partial charge in [0.05, 0.1) is 0 Å². The summed E-state index contributed by atoms with van der Waals surface area (Å²) in [4.78, 5) is 13.7. The molecule has 2 rings (SSSR count). The number of halogens is 1. The van der Waals surface area contributed by atoms with Gasteiger partial charge in [0.1, 0.15) is 5.78 Å². The molecule has 0 bridgehead atoms. The number of piperidine rings is 1. The van der Waals surface area contributed by atoms with E-state index in [0.717, 1.165) is 17.6 Å². The average Bonchev–Trinajstić information content (AvgIpc) is 2.22. The molecule has 15 heavy (non-hydrogen) atoms. The van der Waals surface area contributed by atoms with E-state index in [1.807, 2.05) is 19.1 Å². The van der Waals surface area contributed by atoms with Crippen molar-refractivity contribution in [3.05, 3.63) is 28.7 Å². The SMILES string of the molecule is CC1CN(c2cccc(Br)c2)CCC1=O. The Kier molecular flexibility index (Phi) is 3.10. The lowest BCUT2D eigenvalue weighted by Crippen LogP contribution is -2.39. The maximum atomic E-state index is 11.4. The maximum Gasteiger partial charge on any atom is 0.139 e. The highest BCUT2D eigenvalue weighted by molar-refractivity contribution is 9.10. The highest BCUT2D eigenvalue weighted by Crippen LogP contribution is 2.23. The lowest BCUT2D eigenvalue weighted by Gasteiger charge is -2.32. The zero-order valence-electron chi connectivity index (χ0n) is 8.74. The molecule has 1 heterocycles. The third-order valence-electron chi connectivity index (χ3n) is 2.85. The summed E-state index contributed by atoms with van der Waals surface area (Å²) in [6.45, 7) is 3.70. The first-order valence-corrected chi connectivity index (χ1v) is 5.99. The standard InChI is InChI=1S/C12H14BrNO/c1-9-8-14(6-5-12(9)15)11-4-2-3-10(13)7-11/h2-4,7,9H,5-6,8H2,1H3. The van der Waals surface area contributed by atoms with E-state index in [4.69, 9.17) is 0 Å². The molecule has 1 aliphatic rings. The molecule has 0 amide bonds. The molecule has 80 valence electrons. The Morgan fingerprint density at radius 2 is 2.27 bits per heavy atom. The summed E-state index contributed by atoms with van der Waals surface area (Å²) in [6.07, 6.45) is 0.674. The minimum Gasteiger partial charge on any atom is -0.370 e. The number of ketones is 1. The predicted octanol–water partition coefficient (Wildman–Crippen LogP) is 2.86. The van der Waals surface area contributed by atoms with Crippen LogP contribution in [0, 0.1) is 5.92 Å². The number of Topliss-reactive ketones (excluding diaryl/α,β-unsaturated/α-hetero) is 1. The third kappa shape index (κ3) is 2.40. The van der Waals surface area contributed by atoms with Crippen LogP contribution < -0.4 is 4.90 Å². The maximum absolute atomic E-state index is 11.4. The topological polar surface area (TPSA) is 20.3 Å². The van der Waals surface area contributed by atoms with Crippen molar-refractivity contribution in [2.75, 3.05) is 18.0 Å². The highest BCUT2D eigenvalue weighted by Gasteiger charge is 2.23. The van der Waals surface area contributed by atoms with Gasteiger partial charge in [-0.15, -0.1) is 0 Å². The number of anilines is 1. The van der Waals surface area contributed by atoms with Gasteiger partial charge in [-0.1, -0.05) is 28.9 Å². The number of rotatable bonds is 1. The molecule has 2 nitrogen and oxygen atoms in total. The molecule has 0 N–H and O–H groups in total. The summed E-state index contributed by atoms with van der Waals surface area (Å²) in [5, 5.41) is 0. The first-order valence-electron chi connectivity index (χ1n) is 5.20. The Labute approximate surface area is 98.4 Å². The van der Waals surface area contributed by atoms with Crippen molar-refractivity contribution in [3.63, 3.8) is 0 Å². The summed E-state index contributed by atoms with van der Waals surface area (Å²) >= 11 is 3.46. The third-order valence-corrected chi connectivity index (χ3v) is 3.34. The van der Waals surface area contributed by atoms with Crippen LogP contribution in [0.4, 0.5) is 5.69 Å². The van der Waals surface area contributed by atoms with Gasteiger partial charge in [0.15, 0.2) is 0 Å². The van der Waals surface area contributed by atoms with Crippen molar-refractivity contribution < 1.29 is 4.79 Å². The number of carbonyl (C=O) groups is 1. The minimum atomic E-state index is 0.165.